The van der Waals surface area contributed by atoms with Gasteiger partial charge in [-0.05, 0) is 37.0 Å². The highest BCUT2D eigenvalue weighted by Crippen LogP contribution is 2.40. The number of ketones is 1. The number of halogens is 2. The van der Waals surface area contributed by atoms with E-state index in [1.165, 1.54) is 13.2 Å². The van der Waals surface area contributed by atoms with Crippen LogP contribution in [0.25, 0.3) is 16.9 Å². The van der Waals surface area contributed by atoms with Crippen molar-refractivity contribution in [3.05, 3.63) is 42.2 Å². The van der Waals surface area contributed by atoms with Crippen molar-refractivity contribution in [1.82, 2.24) is 9.38 Å². The summed E-state index contributed by atoms with van der Waals surface area (Å²) in [5, 5.41) is 0. The third kappa shape index (κ3) is 4.64. The molecule has 1 saturated carbocycles. The van der Waals surface area contributed by atoms with Crippen LogP contribution in [0.4, 0.5) is 8.78 Å². The van der Waals surface area contributed by atoms with Gasteiger partial charge < -0.3 is 18.9 Å². The van der Waals surface area contributed by atoms with E-state index in [4.69, 9.17) is 18.9 Å². The highest BCUT2D eigenvalue weighted by Gasteiger charge is 2.30. The molecule has 33 heavy (non-hydrogen) atoms. The van der Waals surface area contributed by atoms with E-state index in [1.54, 1.807) is 18.5 Å². The van der Waals surface area contributed by atoms with Crippen LogP contribution in [-0.4, -0.2) is 48.2 Å². The number of Topliss-reactive ketones (excluding diaryl/α,β-unsaturated/α-hetero) is 1. The van der Waals surface area contributed by atoms with Crippen LogP contribution in [0.3, 0.4) is 0 Å². The molecule has 2 aliphatic rings. The molecule has 1 atom stereocenters. The van der Waals surface area contributed by atoms with E-state index >= 15 is 0 Å². The van der Waals surface area contributed by atoms with Crippen molar-refractivity contribution < 1.29 is 32.5 Å². The van der Waals surface area contributed by atoms with Gasteiger partial charge in [0.25, 0.3) is 0 Å². The lowest BCUT2D eigenvalue weighted by Crippen LogP contribution is -2.15. The molecule has 9 heteroatoms. The second-order valence-electron chi connectivity index (χ2n) is 8.34. The third-order valence-electron chi connectivity index (χ3n) is 5.92. The van der Waals surface area contributed by atoms with Crippen molar-refractivity contribution in [2.75, 3.05) is 20.3 Å². The molecule has 1 saturated heterocycles. The summed E-state index contributed by atoms with van der Waals surface area (Å²) >= 11 is 0. The molecule has 1 unspecified atom stereocenters. The average Bonchev–Trinajstić information content (AvgIpc) is 3.28. The van der Waals surface area contributed by atoms with Gasteiger partial charge in [-0.3, -0.25) is 9.20 Å². The third-order valence-corrected chi connectivity index (χ3v) is 5.92. The van der Waals surface area contributed by atoms with Gasteiger partial charge in [0.15, 0.2) is 5.78 Å². The zero-order valence-corrected chi connectivity index (χ0v) is 18.1. The minimum absolute atomic E-state index is 0.0147. The smallest absolute Gasteiger partial charge is 0.387 e. The Kier molecular flexibility index (Phi) is 5.88. The molecule has 0 bridgehead atoms. The maximum Gasteiger partial charge on any atom is 0.387 e. The SMILES string of the molecule is COc1cc(-c2cnc3cc(OC4CCOC4)ccn23)cc(OC(F)F)c1C(=O)CC1CC1. The lowest BCUT2D eigenvalue weighted by Gasteiger charge is -2.16. The largest absolute Gasteiger partial charge is 0.496 e. The summed E-state index contributed by atoms with van der Waals surface area (Å²) in [6.45, 7) is -1.83. The molecule has 174 valence electrons. The fraction of sp³-hybridized carbons (Fsp3) is 0.417. The van der Waals surface area contributed by atoms with Crippen molar-refractivity contribution in [3.8, 4) is 28.5 Å². The number of fused-ring (bicyclic) bond motifs is 1. The van der Waals surface area contributed by atoms with Crippen LogP contribution in [-0.2, 0) is 4.74 Å². The molecule has 1 aromatic carbocycles. The summed E-state index contributed by atoms with van der Waals surface area (Å²) in [6, 6.07) is 6.72. The monoisotopic (exact) mass is 458 g/mol. The molecule has 3 aromatic rings. The van der Waals surface area contributed by atoms with Crippen LogP contribution >= 0.6 is 0 Å². The minimum Gasteiger partial charge on any atom is -0.496 e. The molecule has 7 nitrogen and oxygen atoms in total. The van der Waals surface area contributed by atoms with Gasteiger partial charge >= 0.3 is 6.61 Å². The number of methoxy groups -OCH3 is 1. The van der Waals surface area contributed by atoms with Gasteiger partial charge in [0.2, 0.25) is 0 Å². The van der Waals surface area contributed by atoms with Crippen LogP contribution in [0.5, 0.6) is 17.2 Å². The first-order valence-electron chi connectivity index (χ1n) is 10.9. The highest BCUT2D eigenvalue weighted by molar-refractivity contribution is 6.02. The van der Waals surface area contributed by atoms with Crippen molar-refractivity contribution in [3.63, 3.8) is 0 Å². The summed E-state index contributed by atoms with van der Waals surface area (Å²) in [5.41, 5.74) is 1.86. The Morgan fingerprint density at radius 1 is 1.24 bits per heavy atom. The van der Waals surface area contributed by atoms with Crippen molar-refractivity contribution in [2.24, 2.45) is 5.92 Å². The summed E-state index contributed by atoms with van der Waals surface area (Å²) in [4.78, 5) is 17.3. The first kappa shape index (κ1) is 21.6. The number of imidazole rings is 1. The summed E-state index contributed by atoms with van der Waals surface area (Å²) in [6.07, 6.45) is 6.51. The Labute approximate surface area is 189 Å². The normalized spacial score (nSPS) is 18.1. The molecule has 0 N–H and O–H groups in total. The topological polar surface area (TPSA) is 71.3 Å². The van der Waals surface area contributed by atoms with E-state index < -0.39 is 6.61 Å². The molecule has 0 radical (unpaired) electrons. The molecule has 2 fully saturated rings. The number of aromatic nitrogens is 2. The van der Waals surface area contributed by atoms with Crippen LogP contribution < -0.4 is 14.2 Å². The molecular weight excluding hydrogens is 434 g/mol. The number of nitrogens with zero attached hydrogens (tertiary/aromatic N) is 2. The van der Waals surface area contributed by atoms with Crippen molar-refractivity contribution in [1.29, 1.82) is 0 Å². The summed E-state index contributed by atoms with van der Waals surface area (Å²) in [5.74, 6) is 0.723. The van der Waals surface area contributed by atoms with Crippen LogP contribution in [0, 0.1) is 5.92 Å². The van der Waals surface area contributed by atoms with E-state index in [0.717, 1.165) is 19.3 Å². The number of hydrogen-bond donors (Lipinski definition) is 0. The average molecular weight is 458 g/mol. The van der Waals surface area contributed by atoms with Gasteiger partial charge in [0.1, 0.15) is 34.6 Å². The number of carbonyl (C=O) groups excluding carboxylic acids is 1. The lowest BCUT2D eigenvalue weighted by molar-refractivity contribution is -0.0502. The quantitative estimate of drug-likeness (QED) is 0.431. The molecule has 0 spiro atoms. The van der Waals surface area contributed by atoms with E-state index in [1.807, 2.05) is 16.5 Å². The zero-order valence-electron chi connectivity index (χ0n) is 18.1. The first-order chi connectivity index (χ1) is 16.0. The fourth-order valence-corrected chi connectivity index (χ4v) is 4.10. The first-order valence-corrected chi connectivity index (χ1v) is 10.9. The molecule has 3 heterocycles. The molecular formula is C24H24F2N2O5. The predicted octanol–water partition coefficient (Wildman–Crippen LogP) is 4.76. The standard InChI is InChI=1S/C24H24F2N2O5/c1-30-20-9-15(10-21(33-24(25)26)23(20)19(29)8-14-2-3-14)18-12-27-22-11-16(4-6-28(18)22)32-17-5-7-31-13-17/h4,6,9-12,14,17,24H,2-3,5,7-8,13H2,1H3. The van der Waals surface area contributed by atoms with Crippen molar-refractivity contribution >= 4 is 11.4 Å². The van der Waals surface area contributed by atoms with Crippen molar-refractivity contribution in [2.45, 2.75) is 38.4 Å². The minimum atomic E-state index is -3.07. The van der Waals surface area contributed by atoms with Crippen LogP contribution in [0.2, 0.25) is 0 Å². The Hall–Kier alpha value is -3.20. The fourth-order valence-electron chi connectivity index (χ4n) is 4.10. The second-order valence-corrected chi connectivity index (χ2v) is 8.34. The molecule has 0 amide bonds. The van der Waals surface area contributed by atoms with E-state index in [2.05, 4.69) is 4.98 Å². The number of pyridine rings is 1. The Morgan fingerprint density at radius 2 is 2.06 bits per heavy atom. The molecule has 1 aliphatic heterocycles. The van der Waals surface area contributed by atoms with Gasteiger partial charge in [-0.1, -0.05) is 0 Å². The Morgan fingerprint density at radius 3 is 2.76 bits per heavy atom. The number of benzene rings is 1. The number of rotatable bonds is 9. The second kappa shape index (κ2) is 8.97. The van der Waals surface area contributed by atoms with Gasteiger partial charge in [-0.25, -0.2) is 4.98 Å². The molecule has 1 aliphatic carbocycles. The van der Waals surface area contributed by atoms with Gasteiger partial charge in [0.05, 0.1) is 32.2 Å². The summed E-state index contributed by atoms with van der Waals surface area (Å²) in [7, 11) is 1.41. The number of hydrogen-bond acceptors (Lipinski definition) is 6. The lowest BCUT2D eigenvalue weighted by atomic mass is 10.00. The Bertz CT molecular complexity index is 1170. The maximum atomic E-state index is 13.2. The van der Waals surface area contributed by atoms with E-state index in [9.17, 15) is 13.6 Å². The summed E-state index contributed by atoms with van der Waals surface area (Å²) < 4.78 is 49.7. The molecule has 5 rings (SSSR count). The maximum absolute atomic E-state index is 13.2. The van der Waals surface area contributed by atoms with Gasteiger partial charge in [0, 0.05) is 30.7 Å². The van der Waals surface area contributed by atoms with E-state index in [-0.39, 0.29) is 28.9 Å². The number of alkyl halides is 2. The zero-order chi connectivity index (χ0) is 22.9. The Balaban J connectivity index is 1.51. The number of carbonyl (C=O) groups is 1. The van der Waals surface area contributed by atoms with Gasteiger partial charge in [-0.2, -0.15) is 8.78 Å². The van der Waals surface area contributed by atoms with E-state index in [0.29, 0.717) is 48.2 Å². The predicted molar refractivity (Wildman–Crippen MR) is 115 cm³/mol. The van der Waals surface area contributed by atoms with Crippen LogP contribution in [0.15, 0.2) is 36.7 Å². The highest BCUT2D eigenvalue weighted by atomic mass is 19.3. The number of ether oxygens (including phenoxy) is 4. The van der Waals surface area contributed by atoms with Crippen LogP contribution in [0.1, 0.15) is 36.0 Å². The van der Waals surface area contributed by atoms with Gasteiger partial charge in [-0.15, -0.1) is 0 Å². The molecule has 2 aromatic heterocycles.